The number of hydrogen-bond acceptors (Lipinski definition) is 5. The monoisotopic (exact) mass is 477 g/mol. The summed E-state index contributed by atoms with van der Waals surface area (Å²) in [6.45, 7) is 3.46. The lowest BCUT2D eigenvalue weighted by Crippen LogP contribution is -2.45. The van der Waals surface area contributed by atoms with Gasteiger partial charge in [-0.15, -0.1) is 0 Å². The Morgan fingerprint density at radius 2 is 1.88 bits per heavy atom. The number of aromatic amines is 1. The zero-order valence-corrected chi connectivity index (χ0v) is 18.6. The summed E-state index contributed by atoms with van der Waals surface area (Å²) in [5.74, 6) is 0.288. The molecule has 34 heavy (non-hydrogen) atoms. The van der Waals surface area contributed by atoms with Crippen molar-refractivity contribution in [2.45, 2.75) is 25.2 Å². The predicted octanol–water partition coefficient (Wildman–Crippen LogP) is 3.44. The summed E-state index contributed by atoms with van der Waals surface area (Å²) in [4.78, 5) is 21.7. The number of fused-ring (bicyclic) bond motifs is 1. The number of para-hydroxylation sites is 1. The lowest BCUT2D eigenvalue weighted by atomic mass is 9.91. The lowest BCUT2D eigenvalue weighted by molar-refractivity contribution is -0.137. The van der Waals surface area contributed by atoms with Gasteiger partial charge >= 0.3 is 12.2 Å². The number of aromatic nitrogens is 2. The van der Waals surface area contributed by atoms with Crippen molar-refractivity contribution in [1.29, 1.82) is 0 Å². The Balaban J connectivity index is 1.54. The molecule has 2 heterocycles. The third-order valence-electron chi connectivity index (χ3n) is 5.86. The van der Waals surface area contributed by atoms with Gasteiger partial charge in [-0.25, -0.2) is 9.78 Å². The SMILES string of the molecule is CC(CO)(Nc1nc2c(CNC(=O)N3CCOCC3)cccc2[nH]1)c1cccc(C(F)(F)F)c1. The molecule has 1 atom stereocenters. The molecule has 2 amide bonds. The van der Waals surface area contributed by atoms with E-state index in [1.165, 1.54) is 12.1 Å². The van der Waals surface area contributed by atoms with E-state index in [1.807, 2.05) is 12.1 Å². The minimum atomic E-state index is -4.49. The number of halogens is 3. The summed E-state index contributed by atoms with van der Waals surface area (Å²) in [5, 5.41) is 16.0. The highest BCUT2D eigenvalue weighted by atomic mass is 19.4. The first-order valence-electron chi connectivity index (χ1n) is 10.8. The first kappa shape index (κ1) is 23.8. The first-order chi connectivity index (χ1) is 16.2. The summed E-state index contributed by atoms with van der Waals surface area (Å²) in [7, 11) is 0. The minimum absolute atomic E-state index is 0.188. The molecule has 1 unspecified atom stereocenters. The largest absolute Gasteiger partial charge is 0.416 e. The van der Waals surface area contributed by atoms with Crippen LogP contribution >= 0.6 is 0 Å². The van der Waals surface area contributed by atoms with Crippen LogP contribution < -0.4 is 10.6 Å². The summed E-state index contributed by atoms with van der Waals surface area (Å²) in [5.41, 5.74) is 0.312. The zero-order chi connectivity index (χ0) is 24.3. The Morgan fingerprint density at radius 1 is 1.18 bits per heavy atom. The number of nitrogens with one attached hydrogen (secondary N) is 3. The number of carbonyl (C=O) groups excluding carboxylic acids is 1. The Kier molecular flexibility index (Phi) is 6.67. The second-order valence-corrected chi connectivity index (χ2v) is 8.35. The Labute approximate surface area is 194 Å². The van der Waals surface area contributed by atoms with Gasteiger partial charge in [0.25, 0.3) is 0 Å². The van der Waals surface area contributed by atoms with Crippen LogP contribution in [-0.4, -0.2) is 58.9 Å². The summed E-state index contributed by atoms with van der Waals surface area (Å²) in [6.07, 6.45) is -4.49. The number of aliphatic hydroxyl groups is 1. The Morgan fingerprint density at radius 3 is 2.59 bits per heavy atom. The van der Waals surface area contributed by atoms with Gasteiger partial charge in [-0.05, 0) is 36.2 Å². The molecule has 1 aliphatic rings. The normalized spacial score (nSPS) is 16.3. The van der Waals surface area contributed by atoms with Crippen molar-refractivity contribution in [2.75, 3.05) is 38.2 Å². The molecule has 0 aliphatic carbocycles. The average Bonchev–Trinajstić information content (AvgIpc) is 3.25. The molecule has 1 saturated heterocycles. The van der Waals surface area contributed by atoms with E-state index < -0.39 is 23.9 Å². The van der Waals surface area contributed by atoms with E-state index in [2.05, 4.69) is 20.6 Å². The maximum atomic E-state index is 13.2. The van der Waals surface area contributed by atoms with Gasteiger partial charge in [-0.1, -0.05) is 24.3 Å². The van der Waals surface area contributed by atoms with Gasteiger partial charge in [0.15, 0.2) is 0 Å². The van der Waals surface area contributed by atoms with Gasteiger partial charge in [-0.2, -0.15) is 13.2 Å². The second-order valence-electron chi connectivity index (χ2n) is 8.35. The molecule has 0 spiro atoms. The third-order valence-corrected chi connectivity index (χ3v) is 5.86. The second kappa shape index (κ2) is 9.51. The van der Waals surface area contributed by atoms with Crippen molar-refractivity contribution in [1.82, 2.24) is 20.2 Å². The van der Waals surface area contributed by atoms with Crippen molar-refractivity contribution in [3.05, 3.63) is 59.2 Å². The molecule has 4 rings (SSSR count). The molecule has 11 heteroatoms. The van der Waals surface area contributed by atoms with Crippen LogP contribution in [0.15, 0.2) is 42.5 Å². The molecule has 8 nitrogen and oxygen atoms in total. The van der Waals surface area contributed by atoms with Crippen LogP contribution in [0.3, 0.4) is 0 Å². The van der Waals surface area contributed by atoms with Crippen LogP contribution in [0.5, 0.6) is 0 Å². The fourth-order valence-corrected chi connectivity index (χ4v) is 3.85. The van der Waals surface area contributed by atoms with E-state index in [9.17, 15) is 23.1 Å². The molecule has 0 radical (unpaired) electrons. The van der Waals surface area contributed by atoms with Crippen LogP contribution in [0.2, 0.25) is 0 Å². The van der Waals surface area contributed by atoms with E-state index >= 15 is 0 Å². The molecule has 0 saturated carbocycles. The Hall–Kier alpha value is -3.31. The minimum Gasteiger partial charge on any atom is -0.394 e. The van der Waals surface area contributed by atoms with Crippen LogP contribution in [0.1, 0.15) is 23.6 Å². The smallest absolute Gasteiger partial charge is 0.394 e. The highest BCUT2D eigenvalue weighted by Crippen LogP contribution is 2.33. The Bertz CT molecular complexity index is 1160. The number of rotatable bonds is 6. The van der Waals surface area contributed by atoms with Crippen molar-refractivity contribution >= 4 is 23.0 Å². The predicted molar refractivity (Wildman–Crippen MR) is 120 cm³/mol. The van der Waals surface area contributed by atoms with Gasteiger partial charge in [0.05, 0.1) is 42.0 Å². The van der Waals surface area contributed by atoms with Gasteiger partial charge in [-0.3, -0.25) is 0 Å². The number of carbonyl (C=O) groups is 1. The number of aliphatic hydroxyl groups excluding tert-OH is 1. The maximum absolute atomic E-state index is 13.2. The first-order valence-corrected chi connectivity index (χ1v) is 10.8. The number of amides is 2. The van der Waals surface area contributed by atoms with E-state index in [4.69, 9.17) is 4.74 Å². The van der Waals surface area contributed by atoms with Crippen LogP contribution in [-0.2, 0) is 23.0 Å². The van der Waals surface area contributed by atoms with Gasteiger partial charge < -0.3 is 30.4 Å². The van der Waals surface area contributed by atoms with Gasteiger partial charge in [0.1, 0.15) is 0 Å². The van der Waals surface area contributed by atoms with E-state index in [0.29, 0.717) is 37.3 Å². The number of anilines is 1. The molecular formula is C23H26F3N5O3. The fraction of sp³-hybridized carbons (Fsp3) is 0.391. The number of benzene rings is 2. The zero-order valence-electron chi connectivity index (χ0n) is 18.6. The van der Waals surface area contributed by atoms with E-state index in [1.54, 1.807) is 17.9 Å². The third kappa shape index (κ3) is 5.10. The quantitative estimate of drug-likeness (QED) is 0.436. The standard InChI is InChI=1S/C23H26F3N5O3/c1-22(14-32,16-5-3-6-17(12-16)23(24,25)26)30-20-28-18-7-2-4-15(19(18)29-20)13-27-21(33)31-8-10-34-11-9-31/h2-7,12,32H,8-11,13-14H2,1H3,(H,27,33)(H2,28,29,30). The van der Waals surface area contributed by atoms with Gasteiger partial charge in [0.2, 0.25) is 5.95 Å². The summed E-state index contributed by atoms with van der Waals surface area (Å²) >= 11 is 0. The number of imidazole rings is 1. The van der Waals surface area contributed by atoms with E-state index in [-0.39, 0.29) is 24.1 Å². The summed E-state index contributed by atoms with van der Waals surface area (Å²) in [6, 6.07) is 10.1. The molecule has 0 bridgehead atoms. The van der Waals surface area contributed by atoms with Crippen molar-refractivity contribution in [2.24, 2.45) is 0 Å². The molecular weight excluding hydrogens is 451 g/mol. The van der Waals surface area contributed by atoms with Crippen LogP contribution in [0, 0.1) is 0 Å². The molecule has 4 N–H and O–H groups in total. The maximum Gasteiger partial charge on any atom is 0.416 e. The lowest BCUT2D eigenvalue weighted by Gasteiger charge is -2.29. The van der Waals surface area contributed by atoms with Crippen molar-refractivity contribution < 1.29 is 27.8 Å². The topological polar surface area (TPSA) is 103 Å². The molecule has 3 aromatic rings. The van der Waals surface area contributed by atoms with Crippen molar-refractivity contribution in [3.63, 3.8) is 0 Å². The number of nitrogens with zero attached hydrogens (tertiary/aromatic N) is 2. The number of ether oxygens (including phenoxy) is 1. The number of H-pyrrole nitrogens is 1. The van der Waals surface area contributed by atoms with E-state index in [0.717, 1.165) is 17.7 Å². The summed E-state index contributed by atoms with van der Waals surface area (Å²) < 4.78 is 44.8. The van der Waals surface area contributed by atoms with Crippen molar-refractivity contribution in [3.8, 4) is 0 Å². The fourth-order valence-electron chi connectivity index (χ4n) is 3.85. The molecule has 1 fully saturated rings. The molecule has 2 aromatic carbocycles. The number of hydrogen-bond donors (Lipinski definition) is 4. The number of morpholine rings is 1. The van der Waals surface area contributed by atoms with Crippen LogP contribution in [0.4, 0.5) is 23.9 Å². The van der Waals surface area contributed by atoms with Gasteiger partial charge in [0, 0.05) is 19.6 Å². The average molecular weight is 477 g/mol. The molecule has 1 aromatic heterocycles. The molecule has 182 valence electrons. The van der Waals surface area contributed by atoms with Crippen LogP contribution in [0.25, 0.3) is 11.0 Å². The molecule has 1 aliphatic heterocycles. The highest BCUT2D eigenvalue weighted by Gasteiger charge is 2.34. The number of urea groups is 1. The number of alkyl halides is 3. The highest BCUT2D eigenvalue weighted by molar-refractivity contribution is 5.82.